The van der Waals surface area contributed by atoms with E-state index in [0.29, 0.717) is 18.5 Å². The van der Waals surface area contributed by atoms with Crippen molar-refractivity contribution >= 4 is 5.91 Å². The number of amides is 1. The number of hydrogen-bond acceptors (Lipinski definition) is 2. The van der Waals surface area contributed by atoms with Crippen molar-refractivity contribution in [2.24, 2.45) is 5.92 Å². The molecule has 1 aromatic rings. The molecule has 120 valence electrons. The monoisotopic (exact) mass is 300 g/mol. The van der Waals surface area contributed by atoms with Gasteiger partial charge in [-0.05, 0) is 50.5 Å². The summed E-state index contributed by atoms with van der Waals surface area (Å²) >= 11 is 0. The van der Waals surface area contributed by atoms with Crippen molar-refractivity contribution < 1.29 is 4.79 Å². The first-order valence-corrected chi connectivity index (χ1v) is 8.80. The second-order valence-electron chi connectivity index (χ2n) is 6.91. The molecule has 0 bridgehead atoms. The molecule has 1 saturated carbocycles. The zero-order valence-corrected chi connectivity index (χ0v) is 13.7. The standard InChI is InChI=1S/C19H28N2O/c1-16(18-10-11-18)21(14-17-8-4-2-5-9-17)15-19(22)20-12-6-3-7-13-20/h2,4-5,8-9,16,18H,3,6-7,10-15H2,1H3. The van der Waals surface area contributed by atoms with Crippen LogP contribution in [0.4, 0.5) is 0 Å². The molecule has 1 heterocycles. The van der Waals surface area contributed by atoms with E-state index in [2.05, 4.69) is 47.1 Å². The quantitative estimate of drug-likeness (QED) is 0.805. The predicted molar refractivity (Wildman–Crippen MR) is 89.5 cm³/mol. The van der Waals surface area contributed by atoms with Gasteiger partial charge in [0, 0.05) is 25.7 Å². The lowest BCUT2D eigenvalue weighted by molar-refractivity contribution is -0.134. The van der Waals surface area contributed by atoms with Crippen molar-refractivity contribution in [3.63, 3.8) is 0 Å². The van der Waals surface area contributed by atoms with Crippen LogP contribution in [0.1, 0.15) is 44.6 Å². The molecule has 1 aliphatic carbocycles. The largest absolute Gasteiger partial charge is 0.342 e. The number of hydrogen-bond donors (Lipinski definition) is 0. The molecule has 1 amide bonds. The molecule has 1 unspecified atom stereocenters. The average molecular weight is 300 g/mol. The molecule has 0 radical (unpaired) electrons. The lowest BCUT2D eigenvalue weighted by Gasteiger charge is -2.33. The minimum atomic E-state index is 0.322. The van der Waals surface area contributed by atoms with Crippen LogP contribution in [0.15, 0.2) is 30.3 Å². The molecule has 3 rings (SSSR count). The molecular formula is C19H28N2O. The van der Waals surface area contributed by atoms with E-state index < -0.39 is 0 Å². The number of rotatable bonds is 6. The van der Waals surface area contributed by atoms with Crippen molar-refractivity contribution in [2.45, 2.75) is 51.6 Å². The molecule has 2 fully saturated rings. The van der Waals surface area contributed by atoms with Gasteiger partial charge in [-0.1, -0.05) is 30.3 Å². The Morgan fingerprint density at radius 2 is 1.86 bits per heavy atom. The predicted octanol–water partition coefficient (Wildman–Crippen LogP) is 3.30. The summed E-state index contributed by atoms with van der Waals surface area (Å²) in [6.45, 7) is 5.67. The van der Waals surface area contributed by atoms with Crippen LogP contribution in [-0.2, 0) is 11.3 Å². The average Bonchev–Trinajstić information content (AvgIpc) is 3.40. The summed E-state index contributed by atoms with van der Waals surface area (Å²) in [7, 11) is 0. The van der Waals surface area contributed by atoms with Gasteiger partial charge in [0.25, 0.3) is 0 Å². The van der Waals surface area contributed by atoms with Crippen molar-refractivity contribution in [1.29, 1.82) is 0 Å². The molecule has 3 heteroatoms. The van der Waals surface area contributed by atoms with E-state index in [4.69, 9.17) is 0 Å². The molecule has 1 aliphatic heterocycles. The minimum absolute atomic E-state index is 0.322. The normalized spacial score (nSPS) is 20.2. The highest BCUT2D eigenvalue weighted by atomic mass is 16.2. The smallest absolute Gasteiger partial charge is 0.236 e. The molecular weight excluding hydrogens is 272 g/mol. The molecule has 1 saturated heterocycles. The highest BCUT2D eigenvalue weighted by molar-refractivity contribution is 5.78. The lowest BCUT2D eigenvalue weighted by atomic mass is 10.1. The molecule has 1 atom stereocenters. The van der Waals surface area contributed by atoms with Crippen LogP contribution in [0.3, 0.4) is 0 Å². The Labute approximate surface area is 134 Å². The van der Waals surface area contributed by atoms with Gasteiger partial charge in [-0.25, -0.2) is 0 Å². The maximum atomic E-state index is 12.6. The Morgan fingerprint density at radius 1 is 1.18 bits per heavy atom. The zero-order chi connectivity index (χ0) is 15.4. The number of likely N-dealkylation sites (tertiary alicyclic amines) is 1. The summed E-state index contributed by atoms with van der Waals surface area (Å²) in [5.41, 5.74) is 1.31. The molecule has 3 nitrogen and oxygen atoms in total. The second-order valence-corrected chi connectivity index (χ2v) is 6.91. The van der Waals surface area contributed by atoms with Crippen LogP contribution in [-0.4, -0.2) is 41.4 Å². The van der Waals surface area contributed by atoms with E-state index in [1.165, 1.54) is 37.7 Å². The first kappa shape index (κ1) is 15.5. The third-order valence-electron chi connectivity index (χ3n) is 5.16. The number of benzene rings is 1. The SMILES string of the molecule is CC(C1CC1)N(CC(=O)N1CCCCC1)Cc1ccccc1. The van der Waals surface area contributed by atoms with Gasteiger partial charge in [-0.3, -0.25) is 9.69 Å². The molecule has 0 aromatic heterocycles. The highest BCUT2D eigenvalue weighted by Crippen LogP contribution is 2.35. The minimum Gasteiger partial charge on any atom is -0.342 e. The molecule has 0 N–H and O–H groups in total. The van der Waals surface area contributed by atoms with Gasteiger partial charge in [-0.15, -0.1) is 0 Å². The Morgan fingerprint density at radius 3 is 2.50 bits per heavy atom. The fourth-order valence-electron chi connectivity index (χ4n) is 3.46. The van der Waals surface area contributed by atoms with Crippen LogP contribution in [0.5, 0.6) is 0 Å². The maximum absolute atomic E-state index is 12.6. The first-order chi connectivity index (χ1) is 10.7. The third-order valence-corrected chi connectivity index (χ3v) is 5.16. The molecule has 0 spiro atoms. The maximum Gasteiger partial charge on any atom is 0.236 e. The summed E-state index contributed by atoms with van der Waals surface area (Å²) in [5.74, 6) is 1.11. The van der Waals surface area contributed by atoms with E-state index in [1.54, 1.807) is 0 Å². The third kappa shape index (κ3) is 4.10. The fourth-order valence-corrected chi connectivity index (χ4v) is 3.46. The van der Waals surface area contributed by atoms with Gasteiger partial charge in [0.2, 0.25) is 5.91 Å². The van der Waals surface area contributed by atoms with Gasteiger partial charge in [-0.2, -0.15) is 0 Å². The van der Waals surface area contributed by atoms with Gasteiger partial charge in [0.15, 0.2) is 0 Å². The topological polar surface area (TPSA) is 23.6 Å². The van der Waals surface area contributed by atoms with Crippen LogP contribution >= 0.6 is 0 Å². The van der Waals surface area contributed by atoms with E-state index in [9.17, 15) is 4.79 Å². The summed E-state index contributed by atoms with van der Waals surface area (Å²) in [6.07, 6.45) is 6.26. The Kier molecular flexibility index (Phi) is 5.14. The fraction of sp³-hybridized carbons (Fsp3) is 0.632. The van der Waals surface area contributed by atoms with E-state index in [1.807, 2.05) is 0 Å². The summed E-state index contributed by atoms with van der Waals surface area (Å²) in [4.78, 5) is 17.1. The molecule has 22 heavy (non-hydrogen) atoms. The Hall–Kier alpha value is -1.35. The van der Waals surface area contributed by atoms with Crippen molar-refractivity contribution in [3.05, 3.63) is 35.9 Å². The lowest BCUT2D eigenvalue weighted by Crippen LogP contribution is -2.45. The number of carbonyl (C=O) groups excluding carboxylic acids is 1. The van der Waals surface area contributed by atoms with Crippen molar-refractivity contribution in [2.75, 3.05) is 19.6 Å². The first-order valence-electron chi connectivity index (χ1n) is 8.80. The number of piperidine rings is 1. The van der Waals surface area contributed by atoms with Gasteiger partial charge in [0.05, 0.1) is 6.54 Å². The van der Waals surface area contributed by atoms with Gasteiger partial charge >= 0.3 is 0 Å². The molecule has 2 aliphatic rings. The number of carbonyl (C=O) groups is 1. The number of nitrogens with zero attached hydrogens (tertiary/aromatic N) is 2. The summed E-state index contributed by atoms with van der Waals surface area (Å²) in [5, 5.41) is 0. The van der Waals surface area contributed by atoms with Crippen LogP contribution in [0.25, 0.3) is 0 Å². The Balaban J connectivity index is 1.63. The van der Waals surface area contributed by atoms with Gasteiger partial charge < -0.3 is 4.90 Å². The second kappa shape index (κ2) is 7.28. The van der Waals surface area contributed by atoms with Crippen LogP contribution < -0.4 is 0 Å². The summed E-state index contributed by atoms with van der Waals surface area (Å²) < 4.78 is 0. The van der Waals surface area contributed by atoms with E-state index in [-0.39, 0.29) is 0 Å². The van der Waals surface area contributed by atoms with Crippen LogP contribution in [0.2, 0.25) is 0 Å². The highest BCUT2D eigenvalue weighted by Gasteiger charge is 2.33. The van der Waals surface area contributed by atoms with E-state index in [0.717, 1.165) is 25.6 Å². The van der Waals surface area contributed by atoms with Gasteiger partial charge in [0.1, 0.15) is 0 Å². The van der Waals surface area contributed by atoms with Crippen LogP contribution in [0, 0.1) is 5.92 Å². The summed E-state index contributed by atoms with van der Waals surface area (Å²) in [6, 6.07) is 11.1. The van der Waals surface area contributed by atoms with Crippen molar-refractivity contribution in [1.82, 2.24) is 9.80 Å². The Bertz CT molecular complexity index is 477. The van der Waals surface area contributed by atoms with Crippen molar-refractivity contribution in [3.8, 4) is 0 Å². The van der Waals surface area contributed by atoms with E-state index >= 15 is 0 Å². The zero-order valence-electron chi connectivity index (χ0n) is 13.7. The molecule has 1 aromatic carbocycles.